The summed E-state index contributed by atoms with van der Waals surface area (Å²) in [5.74, 6) is 1.74. The number of piperazine rings is 2. The Bertz CT molecular complexity index is 692. The lowest BCUT2D eigenvalue weighted by atomic mass is 10.3. The highest BCUT2D eigenvalue weighted by Gasteiger charge is 2.26. The number of carbonyl (C=O) groups excluding carboxylic acids is 1. The highest BCUT2D eigenvalue weighted by Crippen LogP contribution is 2.12. The van der Waals surface area contributed by atoms with E-state index in [1.807, 2.05) is 11.0 Å². The van der Waals surface area contributed by atoms with E-state index in [2.05, 4.69) is 39.8 Å². The molecule has 26 heavy (non-hydrogen) atoms. The van der Waals surface area contributed by atoms with Gasteiger partial charge in [0.1, 0.15) is 6.33 Å². The fraction of sp³-hybridized carbons (Fsp3) is 0.562. The van der Waals surface area contributed by atoms with Crippen molar-refractivity contribution in [2.24, 2.45) is 0 Å². The Morgan fingerprint density at radius 3 is 2.27 bits per heavy atom. The van der Waals surface area contributed by atoms with Crippen molar-refractivity contribution < 1.29 is 4.79 Å². The van der Waals surface area contributed by atoms with Gasteiger partial charge in [0.25, 0.3) is 0 Å². The van der Waals surface area contributed by atoms with Crippen LogP contribution in [0.5, 0.6) is 0 Å². The Hall–Kier alpha value is -2.75. The Balaban J connectivity index is 1.22. The van der Waals surface area contributed by atoms with E-state index < -0.39 is 0 Å². The van der Waals surface area contributed by atoms with Crippen LogP contribution >= 0.6 is 0 Å². The summed E-state index contributed by atoms with van der Waals surface area (Å²) in [6, 6.07) is 1.82. The third-order valence-electron chi connectivity index (χ3n) is 4.90. The Labute approximate surface area is 151 Å². The van der Waals surface area contributed by atoms with E-state index >= 15 is 0 Å². The zero-order valence-electron chi connectivity index (χ0n) is 14.7. The summed E-state index contributed by atoms with van der Waals surface area (Å²) in [5, 5.41) is 6.75. The van der Waals surface area contributed by atoms with Crippen LogP contribution in [0.2, 0.25) is 0 Å². The minimum Gasteiger partial charge on any atom is -0.338 e. The number of hydrogen-bond acceptors (Lipinski definition) is 8. The predicted octanol–water partition coefficient (Wildman–Crippen LogP) is -0.934. The van der Waals surface area contributed by atoms with E-state index in [1.165, 1.54) is 6.33 Å². The number of H-pyrrole nitrogens is 1. The first kappa shape index (κ1) is 16.7. The minimum atomic E-state index is 0.201. The third kappa shape index (κ3) is 3.74. The van der Waals surface area contributed by atoms with Gasteiger partial charge in [-0.25, -0.2) is 15.1 Å². The summed E-state index contributed by atoms with van der Waals surface area (Å²) < 4.78 is 0. The van der Waals surface area contributed by atoms with Crippen LogP contribution in [0, 0.1) is 0 Å². The molecule has 0 atom stereocenters. The first-order valence-corrected chi connectivity index (χ1v) is 8.92. The largest absolute Gasteiger partial charge is 0.338 e. The lowest BCUT2D eigenvalue weighted by molar-refractivity contribution is -0.132. The van der Waals surface area contributed by atoms with Gasteiger partial charge in [0.05, 0.1) is 6.54 Å². The quantitative estimate of drug-likeness (QED) is 0.749. The van der Waals surface area contributed by atoms with Gasteiger partial charge >= 0.3 is 0 Å². The summed E-state index contributed by atoms with van der Waals surface area (Å²) in [5.41, 5.74) is 0. The molecule has 2 aromatic heterocycles. The molecular weight excluding hydrogens is 334 g/mol. The van der Waals surface area contributed by atoms with Crippen LogP contribution < -0.4 is 9.80 Å². The number of rotatable bonds is 4. The van der Waals surface area contributed by atoms with Crippen molar-refractivity contribution in [3.05, 3.63) is 24.8 Å². The van der Waals surface area contributed by atoms with Gasteiger partial charge in [-0.2, -0.15) is 10.1 Å². The molecule has 2 aliphatic heterocycles. The van der Waals surface area contributed by atoms with E-state index in [1.54, 1.807) is 12.4 Å². The van der Waals surface area contributed by atoms with Crippen LogP contribution in [-0.2, 0) is 4.79 Å². The van der Waals surface area contributed by atoms with Crippen molar-refractivity contribution in [2.45, 2.75) is 0 Å². The molecule has 4 heterocycles. The summed E-state index contributed by atoms with van der Waals surface area (Å²) in [6.07, 6.45) is 5.03. The van der Waals surface area contributed by atoms with Gasteiger partial charge in [-0.1, -0.05) is 0 Å². The zero-order chi connectivity index (χ0) is 17.8. The average molecular weight is 357 g/mol. The molecule has 2 fully saturated rings. The van der Waals surface area contributed by atoms with Crippen molar-refractivity contribution in [2.75, 3.05) is 68.7 Å². The number of nitrogens with one attached hydrogen (secondary N) is 1. The Morgan fingerprint density at radius 1 is 0.923 bits per heavy atom. The maximum Gasteiger partial charge on any atom is 0.236 e. The molecule has 138 valence electrons. The Morgan fingerprint density at radius 2 is 1.62 bits per heavy atom. The molecular formula is C16H23N9O. The molecule has 0 unspecified atom stereocenters. The molecule has 0 aliphatic carbocycles. The van der Waals surface area contributed by atoms with E-state index in [-0.39, 0.29) is 5.91 Å². The minimum absolute atomic E-state index is 0.201. The van der Waals surface area contributed by atoms with Crippen molar-refractivity contribution in [1.82, 2.24) is 34.9 Å². The van der Waals surface area contributed by atoms with Gasteiger partial charge in [-0.3, -0.25) is 9.69 Å². The molecule has 0 saturated carbocycles. The van der Waals surface area contributed by atoms with E-state index in [0.717, 1.165) is 64.3 Å². The number of aromatic amines is 1. The van der Waals surface area contributed by atoms with Gasteiger partial charge in [0.2, 0.25) is 17.8 Å². The SMILES string of the molecule is O=C(CN1CCN(c2ncccn2)CC1)N1CCN(c2ncn[nH]2)CC1. The molecule has 0 bridgehead atoms. The fourth-order valence-electron chi connectivity index (χ4n) is 3.37. The third-order valence-corrected chi connectivity index (χ3v) is 4.90. The second kappa shape index (κ2) is 7.65. The Kier molecular flexibility index (Phi) is 4.91. The molecule has 0 spiro atoms. The molecule has 4 rings (SSSR count). The van der Waals surface area contributed by atoms with Crippen molar-refractivity contribution in [3.63, 3.8) is 0 Å². The standard InChI is InChI=1S/C16H23N9O/c26-14(23-8-10-25(11-9-23)16-19-13-20-21-16)12-22-4-6-24(7-5-22)15-17-2-1-3-18-15/h1-3,13H,4-12H2,(H,19,20,21). The maximum absolute atomic E-state index is 12.6. The fourth-order valence-corrected chi connectivity index (χ4v) is 3.37. The second-order valence-electron chi connectivity index (χ2n) is 6.49. The van der Waals surface area contributed by atoms with Crippen molar-refractivity contribution in [1.29, 1.82) is 0 Å². The number of nitrogens with zero attached hydrogens (tertiary/aromatic N) is 8. The van der Waals surface area contributed by atoms with Crippen LogP contribution in [0.3, 0.4) is 0 Å². The van der Waals surface area contributed by atoms with Crippen LogP contribution in [0.15, 0.2) is 24.8 Å². The molecule has 10 nitrogen and oxygen atoms in total. The van der Waals surface area contributed by atoms with Crippen LogP contribution in [0.1, 0.15) is 0 Å². The van der Waals surface area contributed by atoms with E-state index in [4.69, 9.17) is 0 Å². The number of carbonyl (C=O) groups is 1. The molecule has 0 radical (unpaired) electrons. The number of anilines is 2. The van der Waals surface area contributed by atoms with Gasteiger partial charge in [0.15, 0.2) is 0 Å². The molecule has 0 aromatic carbocycles. The van der Waals surface area contributed by atoms with Crippen LogP contribution in [-0.4, -0.2) is 99.8 Å². The van der Waals surface area contributed by atoms with E-state index in [9.17, 15) is 4.79 Å². The first-order valence-electron chi connectivity index (χ1n) is 8.92. The lowest BCUT2D eigenvalue weighted by Gasteiger charge is -2.37. The summed E-state index contributed by atoms with van der Waals surface area (Å²) in [7, 11) is 0. The predicted molar refractivity (Wildman–Crippen MR) is 95.9 cm³/mol. The normalized spacial score (nSPS) is 19.0. The topological polar surface area (TPSA) is 97.4 Å². The van der Waals surface area contributed by atoms with E-state index in [0.29, 0.717) is 6.54 Å². The second-order valence-corrected chi connectivity index (χ2v) is 6.49. The monoisotopic (exact) mass is 357 g/mol. The molecule has 10 heteroatoms. The van der Waals surface area contributed by atoms with Gasteiger partial charge in [-0.15, -0.1) is 0 Å². The van der Waals surface area contributed by atoms with Gasteiger partial charge in [0, 0.05) is 64.8 Å². The molecule has 1 amide bonds. The maximum atomic E-state index is 12.6. The van der Waals surface area contributed by atoms with Crippen molar-refractivity contribution >= 4 is 17.8 Å². The van der Waals surface area contributed by atoms with Crippen molar-refractivity contribution in [3.8, 4) is 0 Å². The molecule has 2 saturated heterocycles. The summed E-state index contributed by atoms with van der Waals surface area (Å²) in [6.45, 7) is 6.86. The summed E-state index contributed by atoms with van der Waals surface area (Å²) in [4.78, 5) is 33.8. The highest BCUT2D eigenvalue weighted by molar-refractivity contribution is 5.78. The average Bonchev–Trinajstić information content (AvgIpc) is 3.24. The van der Waals surface area contributed by atoms with Gasteiger partial charge in [-0.05, 0) is 6.07 Å². The summed E-state index contributed by atoms with van der Waals surface area (Å²) >= 11 is 0. The number of aromatic nitrogens is 5. The van der Waals surface area contributed by atoms with Gasteiger partial charge < -0.3 is 14.7 Å². The van der Waals surface area contributed by atoms with Crippen LogP contribution in [0.4, 0.5) is 11.9 Å². The zero-order valence-corrected chi connectivity index (χ0v) is 14.7. The lowest BCUT2D eigenvalue weighted by Crippen LogP contribution is -2.54. The highest BCUT2D eigenvalue weighted by atomic mass is 16.2. The molecule has 1 N–H and O–H groups in total. The first-order chi connectivity index (χ1) is 12.8. The number of amides is 1. The smallest absolute Gasteiger partial charge is 0.236 e. The molecule has 2 aliphatic rings. The molecule has 2 aromatic rings. The number of hydrogen-bond donors (Lipinski definition) is 1. The van der Waals surface area contributed by atoms with Crippen LogP contribution in [0.25, 0.3) is 0 Å².